The molecule has 0 spiro atoms. The molecule has 0 aliphatic carbocycles. The van der Waals surface area contributed by atoms with Gasteiger partial charge in [0.2, 0.25) is 0 Å². The monoisotopic (exact) mass is 246 g/mol. The van der Waals surface area contributed by atoms with Gasteiger partial charge in [-0.2, -0.15) is 0 Å². The second-order valence-electron chi connectivity index (χ2n) is 2.54. The van der Waals surface area contributed by atoms with Gasteiger partial charge in [0, 0.05) is 39.8 Å². The number of aromatic nitrogens is 1. The summed E-state index contributed by atoms with van der Waals surface area (Å²) in [6.45, 7) is 0. The minimum absolute atomic E-state index is 0. The number of para-hydroxylation sites is 1. The number of rotatable bonds is 1. The zero-order valence-corrected chi connectivity index (χ0v) is 10.2. The van der Waals surface area contributed by atoms with Crippen LogP contribution in [0, 0.1) is 6.07 Å². The summed E-state index contributed by atoms with van der Waals surface area (Å²) in [4.78, 5) is 4.19. The number of nitrogens with zero attached hydrogens (tertiary/aromatic N) is 1. The summed E-state index contributed by atoms with van der Waals surface area (Å²) in [5, 5.41) is 4.19. The number of benzene rings is 1. The Morgan fingerprint density at radius 1 is 1.31 bits per heavy atom. The SMILES string of the molecule is CNc1[c-]cnc2ccccc12.[Y]. The number of anilines is 1. The van der Waals surface area contributed by atoms with Crippen molar-refractivity contribution in [3.8, 4) is 0 Å². The van der Waals surface area contributed by atoms with E-state index in [0.29, 0.717) is 0 Å². The first-order valence-corrected chi connectivity index (χ1v) is 3.85. The fourth-order valence-corrected chi connectivity index (χ4v) is 1.25. The average Bonchev–Trinajstić information content (AvgIpc) is 2.17. The fraction of sp³-hybridized carbons (Fsp3) is 0.100. The van der Waals surface area contributed by atoms with Crippen molar-refractivity contribution < 1.29 is 32.7 Å². The molecule has 3 heteroatoms. The van der Waals surface area contributed by atoms with Crippen LogP contribution in [0.3, 0.4) is 0 Å². The predicted molar refractivity (Wildman–Crippen MR) is 50.1 cm³/mol. The van der Waals surface area contributed by atoms with E-state index in [4.69, 9.17) is 0 Å². The van der Waals surface area contributed by atoms with Crippen molar-refractivity contribution in [1.29, 1.82) is 0 Å². The minimum atomic E-state index is 0. The van der Waals surface area contributed by atoms with E-state index in [0.717, 1.165) is 16.6 Å². The molecule has 1 aromatic carbocycles. The van der Waals surface area contributed by atoms with Gasteiger partial charge < -0.3 is 5.32 Å². The van der Waals surface area contributed by atoms with Gasteiger partial charge in [0.05, 0.1) is 0 Å². The van der Waals surface area contributed by atoms with E-state index in [9.17, 15) is 0 Å². The van der Waals surface area contributed by atoms with E-state index in [-0.39, 0.29) is 32.7 Å². The van der Waals surface area contributed by atoms with Crippen molar-refractivity contribution in [2.24, 2.45) is 0 Å². The third-order valence-electron chi connectivity index (χ3n) is 1.84. The number of hydrogen-bond acceptors (Lipinski definition) is 2. The Labute approximate surface area is 103 Å². The molecule has 2 nitrogen and oxygen atoms in total. The molecule has 0 aliphatic heterocycles. The Hall–Kier alpha value is -0.466. The summed E-state index contributed by atoms with van der Waals surface area (Å²) >= 11 is 0. The van der Waals surface area contributed by atoms with Gasteiger partial charge in [0.15, 0.2) is 0 Å². The Morgan fingerprint density at radius 3 is 2.85 bits per heavy atom. The maximum Gasteiger partial charge on any atom is 0.000147 e. The van der Waals surface area contributed by atoms with Crippen LogP contribution >= 0.6 is 0 Å². The topological polar surface area (TPSA) is 24.9 Å². The fourth-order valence-electron chi connectivity index (χ4n) is 1.25. The van der Waals surface area contributed by atoms with Crippen LogP contribution in [0.4, 0.5) is 5.69 Å². The average molecular weight is 246 g/mol. The molecule has 2 rings (SSSR count). The molecule has 1 radical (unpaired) electrons. The predicted octanol–water partition coefficient (Wildman–Crippen LogP) is 2.07. The summed E-state index contributed by atoms with van der Waals surface area (Å²) in [5.74, 6) is 0. The minimum Gasteiger partial charge on any atom is -0.420 e. The van der Waals surface area contributed by atoms with Gasteiger partial charge in [0.25, 0.3) is 0 Å². The summed E-state index contributed by atoms with van der Waals surface area (Å²) in [6.07, 6.45) is 1.69. The molecule has 13 heavy (non-hydrogen) atoms. The Morgan fingerprint density at radius 2 is 2.08 bits per heavy atom. The summed E-state index contributed by atoms with van der Waals surface area (Å²) in [6, 6.07) is 11.0. The second-order valence-corrected chi connectivity index (χ2v) is 2.54. The van der Waals surface area contributed by atoms with Gasteiger partial charge in [-0.1, -0.05) is 24.4 Å². The van der Waals surface area contributed by atoms with Crippen molar-refractivity contribution in [1.82, 2.24) is 4.98 Å². The molecular formula is C10H9N2Y-. The molecule has 2 aromatic rings. The van der Waals surface area contributed by atoms with Crippen molar-refractivity contribution in [2.75, 3.05) is 12.4 Å². The van der Waals surface area contributed by atoms with E-state index in [1.807, 2.05) is 31.3 Å². The van der Waals surface area contributed by atoms with E-state index in [1.54, 1.807) is 6.20 Å². The first kappa shape index (κ1) is 10.6. The van der Waals surface area contributed by atoms with Crippen LogP contribution in [0.25, 0.3) is 10.9 Å². The van der Waals surface area contributed by atoms with Gasteiger partial charge in [0.1, 0.15) is 0 Å². The van der Waals surface area contributed by atoms with E-state index in [2.05, 4.69) is 16.4 Å². The number of fused-ring (bicyclic) bond motifs is 1. The van der Waals surface area contributed by atoms with Crippen molar-refractivity contribution in [3.63, 3.8) is 0 Å². The maximum atomic E-state index is 4.19. The molecule has 1 N–H and O–H groups in total. The van der Waals surface area contributed by atoms with E-state index < -0.39 is 0 Å². The van der Waals surface area contributed by atoms with Gasteiger partial charge in [-0.15, -0.1) is 17.1 Å². The number of pyridine rings is 1. The molecule has 63 valence electrons. The van der Waals surface area contributed by atoms with Crippen molar-refractivity contribution in [2.45, 2.75) is 0 Å². The van der Waals surface area contributed by atoms with Crippen LogP contribution in [0.2, 0.25) is 0 Å². The number of nitrogens with one attached hydrogen (secondary N) is 1. The van der Waals surface area contributed by atoms with E-state index in [1.165, 1.54) is 0 Å². The van der Waals surface area contributed by atoms with Crippen LogP contribution in [-0.2, 0) is 32.7 Å². The number of hydrogen-bond donors (Lipinski definition) is 1. The second kappa shape index (κ2) is 4.68. The van der Waals surface area contributed by atoms with Gasteiger partial charge in [-0.25, -0.2) is 6.07 Å². The van der Waals surface area contributed by atoms with E-state index >= 15 is 0 Å². The zero-order chi connectivity index (χ0) is 8.39. The zero-order valence-electron chi connectivity index (χ0n) is 7.41. The molecule has 0 amide bonds. The van der Waals surface area contributed by atoms with Crippen molar-refractivity contribution in [3.05, 3.63) is 36.5 Å². The Kier molecular flexibility index (Phi) is 3.82. The third kappa shape index (κ3) is 2.06. The molecule has 0 saturated heterocycles. The summed E-state index contributed by atoms with van der Waals surface area (Å²) < 4.78 is 0. The molecule has 0 saturated carbocycles. The molecule has 0 aliphatic rings. The van der Waals surface area contributed by atoms with Gasteiger partial charge >= 0.3 is 0 Å². The van der Waals surface area contributed by atoms with Gasteiger partial charge in [-0.05, 0) is 5.52 Å². The molecule has 0 atom stereocenters. The maximum absolute atomic E-state index is 4.19. The normalized spacial score (nSPS) is 9.31. The Balaban J connectivity index is 0.000000845. The van der Waals surface area contributed by atoms with Crippen LogP contribution in [-0.4, -0.2) is 12.0 Å². The first-order chi connectivity index (χ1) is 5.92. The van der Waals surface area contributed by atoms with Crippen LogP contribution in [0.1, 0.15) is 0 Å². The quantitative estimate of drug-likeness (QED) is 0.779. The van der Waals surface area contributed by atoms with Crippen molar-refractivity contribution >= 4 is 16.6 Å². The van der Waals surface area contributed by atoms with Gasteiger partial charge in [-0.3, -0.25) is 4.98 Å². The molecule has 1 aromatic heterocycles. The smallest absolute Gasteiger partial charge is 0.000147 e. The van der Waals surface area contributed by atoms with Crippen LogP contribution < -0.4 is 5.32 Å². The molecule has 0 unspecified atom stereocenters. The molecule has 0 fully saturated rings. The molecule has 1 heterocycles. The molecule has 0 bridgehead atoms. The van der Waals surface area contributed by atoms with Crippen LogP contribution in [0.5, 0.6) is 0 Å². The standard InChI is InChI=1S/C10H9N2.Y/c1-11-9-6-7-12-10-5-3-2-4-8(9)10;/h2-5,7H,1H3,(H,11,12);/q-1;. The van der Waals surface area contributed by atoms with Crippen LogP contribution in [0.15, 0.2) is 30.5 Å². The largest absolute Gasteiger partial charge is 0.420 e. The molecular weight excluding hydrogens is 237 g/mol. The third-order valence-corrected chi connectivity index (χ3v) is 1.84. The first-order valence-electron chi connectivity index (χ1n) is 3.85. The summed E-state index contributed by atoms with van der Waals surface area (Å²) in [7, 11) is 1.89. The summed E-state index contributed by atoms with van der Waals surface area (Å²) in [5.41, 5.74) is 2.00. The Bertz CT molecular complexity index is 396.